The van der Waals surface area contributed by atoms with Gasteiger partial charge in [0.25, 0.3) is 0 Å². The molecule has 18 heavy (non-hydrogen) atoms. The van der Waals surface area contributed by atoms with E-state index >= 15 is 0 Å². The highest BCUT2D eigenvalue weighted by Crippen LogP contribution is 2.42. The summed E-state index contributed by atoms with van der Waals surface area (Å²) in [6.07, 6.45) is 14.2. The molecule has 1 saturated carbocycles. The maximum Gasteiger partial charge on any atom is 0.240 e. The van der Waals surface area contributed by atoms with Gasteiger partial charge >= 0.3 is 0 Å². The van der Waals surface area contributed by atoms with E-state index in [0.29, 0.717) is 18.3 Å². The van der Waals surface area contributed by atoms with Gasteiger partial charge in [0.2, 0.25) is 5.91 Å². The second-order valence-corrected chi connectivity index (χ2v) is 5.57. The lowest BCUT2D eigenvalue weighted by Crippen LogP contribution is -2.19. The second kappa shape index (κ2) is 6.72. The van der Waals surface area contributed by atoms with Crippen molar-refractivity contribution in [3.63, 3.8) is 0 Å². The number of hydrogen-bond acceptors (Lipinski definition) is 2. The lowest BCUT2D eigenvalue weighted by molar-refractivity contribution is -0.121. The standard InChI is InChI=1S/C15H24N2O/c1-2-3-4-5-6-15(18)17-16-11-14-10-12-7-8-13(14)9-12/h7-8,11-14H,2-6,9-10H2,1H3,(H,17,18). The highest BCUT2D eigenvalue weighted by Gasteiger charge is 2.34. The fourth-order valence-electron chi connectivity index (χ4n) is 2.97. The van der Waals surface area contributed by atoms with E-state index in [-0.39, 0.29) is 5.91 Å². The van der Waals surface area contributed by atoms with Crippen LogP contribution in [0.15, 0.2) is 17.3 Å². The number of nitrogens with zero attached hydrogens (tertiary/aromatic N) is 1. The third-order valence-electron chi connectivity index (χ3n) is 4.04. The number of hydrogen-bond donors (Lipinski definition) is 1. The van der Waals surface area contributed by atoms with Gasteiger partial charge < -0.3 is 0 Å². The fourth-order valence-corrected chi connectivity index (χ4v) is 2.97. The van der Waals surface area contributed by atoms with Crippen molar-refractivity contribution in [1.82, 2.24) is 5.43 Å². The number of nitrogens with one attached hydrogen (secondary N) is 1. The summed E-state index contributed by atoms with van der Waals surface area (Å²) in [5.74, 6) is 2.03. The van der Waals surface area contributed by atoms with Gasteiger partial charge in [-0.05, 0) is 31.1 Å². The molecule has 0 heterocycles. The number of fused-ring (bicyclic) bond motifs is 2. The molecule has 1 fully saturated rings. The lowest BCUT2D eigenvalue weighted by Gasteiger charge is -2.11. The molecule has 0 aromatic rings. The molecule has 0 spiro atoms. The van der Waals surface area contributed by atoms with E-state index in [4.69, 9.17) is 0 Å². The van der Waals surface area contributed by atoms with Gasteiger partial charge in [-0.1, -0.05) is 38.3 Å². The van der Waals surface area contributed by atoms with E-state index < -0.39 is 0 Å². The van der Waals surface area contributed by atoms with Crippen LogP contribution in [-0.4, -0.2) is 12.1 Å². The summed E-state index contributed by atoms with van der Waals surface area (Å²) in [5.41, 5.74) is 2.65. The van der Waals surface area contributed by atoms with Crippen LogP contribution in [0.2, 0.25) is 0 Å². The number of carbonyl (C=O) groups excluding carboxylic acids is 1. The first kappa shape index (κ1) is 13.3. The molecule has 2 aliphatic rings. The largest absolute Gasteiger partial charge is 0.273 e. The zero-order valence-corrected chi connectivity index (χ0v) is 11.3. The quantitative estimate of drug-likeness (QED) is 0.319. The molecule has 0 radical (unpaired) electrons. The van der Waals surface area contributed by atoms with Crippen LogP contribution in [0.25, 0.3) is 0 Å². The normalized spacial score (nSPS) is 29.3. The first-order valence-corrected chi connectivity index (χ1v) is 7.30. The van der Waals surface area contributed by atoms with Crippen LogP contribution in [0.5, 0.6) is 0 Å². The number of allylic oxidation sites excluding steroid dienone is 2. The molecule has 3 unspecified atom stereocenters. The molecular formula is C15H24N2O. The molecule has 1 amide bonds. The number of amides is 1. The maximum absolute atomic E-state index is 11.5. The van der Waals surface area contributed by atoms with Crippen LogP contribution in [0.3, 0.4) is 0 Å². The summed E-state index contributed by atoms with van der Waals surface area (Å²) in [4.78, 5) is 11.5. The summed E-state index contributed by atoms with van der Waals surface area (Å²) in [5, 5.41) is 4.11. The van der Waals surface area contributed by atoms with E-state index in [2.05, 4.69) is 29.6 Å². The van der Waals surface area contributed by atoms with E-state index in [1.807, 2.05) is 6.21 Å². The first-order valence-electron chi connectivity index (χ1n) is 7.30. The van der Waals surface area contributed by atoms with Gasteiger partial charge in [0.1, 0.15) is 0 Å². The molecule has 2 rings (SSSR count). The summed E-state index contributed by atoms with van der Waals surface area (Å²) in [6.45, 7) is 2.17. The molecular weight excluding hydrogens is 224 g/mol. The van der Waals surface area contributed by atoms with Gasteiger partial charge in [0.05, 0.1) is 0 Å². The van der Waals surface area contributed by atoms with Crippen molar-refractivity contribution < 1.29 is 4.79 Å². The zero-order chi connectivity index (χ0) is 12.8. The SMILES string of the molecule is CCCCCCC(=O)NN=CC1CC2C=CC1C2. The predicted molar refractivity (Wildman–Crippen MR) is 74.2 cm³/mol. The molecule has 0 aliphatic heterocycles. The molecule has 3 heteroatoms. The minimum atomic E-state index is 0.0565. The highest BCUT2D eigenvalue weighted by atomic mass is 16.2. The van der Waals surface area contributed by atoms with Crippen molar-refractivity contribution in [3.8, 4) is 0 Å². The Morgan fingerprint density at radius 3 is 2.89 bits per heavy atom. The molecule has 0 saturated heterocycles. The third-order valence-corrected chi connectivity index (χ3v) is 4.04. The molecule has 3 atom stereocenters. The van der Waals surface area contributed by atoms with E-state index in [1.165, 1.54) is 25.7 Å². The van der Waals surface area contributed by atoms with E-state index in [0.717, 1.165) is 18.8 Å². The van der Waals surface area contributed by atoms with Crippen LogP contribution in [-0.2, 0) is 4.79 Å². The van der Waals surface area contributed by atoms with Crippen molar-refractivity contribution in [2.24, 2.45) is 22.9 Å². The van der Waals surface area contributed by atoms with Crippen molar-refractivity contribution in [2.75, 3.05) is 0 Å². The summed E-state index contributed by atoms with van der Waals surface area (Å²) < 4.78 is 0. The first-order chi connectivity index (χ1) is 8.79. The number of unbranched alkanes of at least 4 members (excludes halogenated alkanes) is 3. The highest BCUT2D eigenvalue weighted by molar-refractivity contribution is 5.77. The Kier molecular flexibility index (Phi) is 4.97. The van der Waals surface area contributed by atoms with Gasteiger partial charge in [0, 0.05) is 18.6 Å². The van der Waals surface area contributed by atoms with Gasteiger partial charge in [-0.15, -0.1) is 0 Å². The van der Waals surface area contributed by atoms with Crippen molar-refractivity contribution >= 4 is 12.1 Å². The van der Waals surface area contributed by atoms with Gasteiger partial charge in [-0.3, -0.25) is 4.79 Å². The van der Waals surface area contributed by atoms with E-state index in [9.17, 15) is 4.79 Å². The smallest absolute Gasteiger partial charge is 0.240 e. The van der Waals surface area contributed by atoms with Gasteiger partial charge in [-0.2, -0.15) is 5.10 Å². The van der Waals surface area contributed by atoms with Crippen LogP contribution >= 0.6 is 0 Å². The van der Waals surface area contributed by atoms with Crippen molar-refractivity contribution in [3.05, 3.63) is 12.2 Å². The predicted octanol–water partition coefficient (Wildman–Crippen LogP) is 3.27. The Morgan fingerprint density at radius 1 is 1.33 bits per heavy atom. The Balaban J connectivity index is 1.59. The van der Waals surface area contributed by atoms with Crippen LogP contribution < -0.4 is 5.43 Å². The molecule has 1 N–H and O–H groups in total. The average molecular weight is 248 g/mol. The molecule has 100 valence electrons. The van der Waals surface area contributed by atoms with Crippen molar-refractivity contribution in [1.29, 1.82) is 0 Å². The molecule has 3 nitrogen and oxygen atoms in total. The Labute approximate surface area is 110 Å². The second-order valence-electron chi connectivity index (χ2n) is 5.57. The summed E-state index contributed by atoms with van der Waals surface area (Å²) in [6, 6.07) is 0. The number of carbonyl (C=O) groups is 1. The molecule has 2 bridgehead atoms. The molecule has 0 aromatic heterocycles. The van der Waals surface area contributed by atoms with Gasteiger partial charge in [-0.25, -0.2) is 5.43 Å². The maximum atomic E-state index is 11.5. The van der Waals surface area contributed by atoms with E-state index in [1.54, 1.807) is 0 Å². The number of hydrazone groups is 1. The fraction of sp³-hybridized carbons (Fsp3) is 0.733. The molecule has 0 aromatic carbocycles. The monoisotopic (exact) mass is 248 g/mol. The Morgan fingerprint density at radius 2 is 2.22 bits per heavy atom. The minimum absolute atomic E-state index is 0.0565. The Hall–Kier alpha value is -1.12. The topological polar surface area (TPSA) is 41.5 Å². The van der Waals surface area contributed by atoms with Gasteiger partial charge in [0.15, 0.2) is 0 Å². The summed E-state index contributed by atoms with van der Waals surface area (Å²) >= 11 is 0. The number of rotatable bonds is 7. The zero-order valence-electron chi connectivity index (χ0n) is 11.3. The molecule has 2 aliphatic carbocycles. The van der Waals surface area contributed by atoms with Crippen LogP contribution in [0.1, 0.15) is 51.9 Å². The van der Waals surface area contributed by atoms with Crippen LogP contribution in [0, 0.1) is 17.8 Å². The van der Waals surface area contributed by atoms with Crippen LogP contribution in [0.4, 0.5) is 0 Å². The lowest BCUT2D eigenvalue weighted by atomic mass is 9.95. The van der Waals surface area contributed by atoms with Crippen molar-refractivity contribution in [2.45, 2.75) is 51.9 Å². The Bertz CT molecular complexity index is 335. The third kappa shape index (κ3) is 3.69. The average Bonchev–Trinajstić information content (AvgIpc) is 2.97. The summed E-state index contributed by atoms with van der Waals surface area (Å²) in [7, 11) is 0. The minimum Gasteiger partial charge on any atom is -0.273 e.